The highest BCUT2D eigenvalue weighted by Crippen LogP contribution is 2.30. The molecule has 4 aromatic rings. The number of hydrogen-bond acceptors (Lipinski definition) is 5. The lowest BCUT2D eigenvalue weighted by Crippen LogP contribution is -2.25. The van der Waals surface area contributed by atoms with Crippen molar-refractivity contribution in [3.05, 3.63) is 89.7 Å². The number of carbonyl (C=O) groups is 1. The number of fused-ring (bicyclic) bond motifs is 1. The van der Waals surface area contributed by atoms with Gasteiger partial charge < -0.3 is 4.74 Å². The molecule has 30 heavy (non-hydrogen) atoms. The number of hydrogen-bond donors (Lipinski definition) is 0. The number of anilines is 1. The van der Waals surface area contributed by atoms with E-state index < -0.39 is 0 Å². The average molecular weight is 419 g/mol. The molecule has 0 saturated heterocycles. The van der Waals surface area contributed by atoms with Gasteiger partial charge >= 0.3 is 0 Å². The predicted octanol–water partition coefficient (Wildman–Crippen LogP) is 5.52. The summed E-state index contributed by atoms with van der Waals surface area (Å²) < 4.78 is 19.7. The molecule has 0 radical (unpaired) electrons. The van der Waals surface area contributed by atoms with Gasteiger partial charge in [0.15, 0.2) is 0 Å². The van der Waals surface area contributed by atoms with Gasteiger partial charge in [-0.25, -0.2) is 9.37 Å². The van der Waals surface area contributed by atoms with Crippen LogP contribution in [0.3, 0.4) is 0 Å². The molecule has 0 N–H and O–H groups in total. The molecule has 0 saturated carbocycles. The van der Waals surface area contributed by atoms with Gasteiger partial charge in [-0.15, -0.1) is 0 Å². The van der Waals surface area contributed by atoms with Crippen LogP contribution in [0.25, 0.3) is 10.2 Å². The van der Waals surface area contributed by atoms with Crippen LogP contribution in [0.4, 0.5) is 9.52 Å². The van der Waals surface area contributed by atoms with E-state index in [1.165, 1.54) is 28.5 Å². The Morgan fingerprint density at radius 2 is 1.90 bits per heavy atom. The number of rotatable bonds is 6. The number of carbonyl (C=O) groups excluding carboxylic acids is 1. The Hall–Kier alpha value is -3.58. The quantitative estimate of drug-likeness (QED) is 0.306. The molecule has 4 rings (SSSR count). The van der Waals surface area contributed by atoms with Crippen molar-refractivity contribution in [1.29, 1.82) is 0 Å². The van der Waals surface area contributed by atoms with Gasteiger partial charge in [-0.05, 0) is 55.0 Å². The first-order valence-corrected chi connectivity index (χ1v) is 10.2. The monoisotopic (exact) mass is 419 g/mol. The molecule has 3 aromatic carbocycles. The minimum atomic E-state index is -0.352. The summed E-state index contributed by atoms with van der Waals surface area (Å²) in [6, 6.07) is 20.6. The van der Waals surface area contributed by atoms with Crippen molar-refractivity contribution in [2.75, 3.05) is 11.6 Å². The minimum absolute atomic E-state index is 0.343. The van der Waals surface area contributed by atoms with Crippen LogP contribution in [0.1, 0.15) is 22.8 Å². The number of benzene rings is 3. The van der Waals surface area contributed by atoms with Crippen molar-refractivity contribution in [3.8, 4) is 5.75 Å². The molecule has 0 aliphatic heterocycles. The standard InChI is InChI=1S/C23H18FN3O2S/c1-2-29-19-11-8-17(9-12-19)22(28)27(25-15-16-6-4-3-5-7-16)23-26-20-13-10-18(24)14-21(20)30-23/h3-15H,2H2,1H3/b25-15+. The van der Waals surface area contributed by atoms with Crippen LogP contribution >= 0.6 is 11.3 Å². The maximum atomic E-state index is 13.6. The van der Waals surface area contributed by atoms with Crippen LogP contribution in [-0.4, -0.2) is 23.7 Å². The third-order valence-electron chi connectivity index (χ3n) is 4.25. The SMILES string of the molecule is CCOc1ccc(C(=O)N(/N=C/c2ccccc2)c2nc3ccc(F)cc3s2)cc1. The summed E-state index contributed by atoms with van der Waals surface area (Å²) >= 11 is 1.20. The number of amides is 1. The van der Waals surface area contributed by atoms with Crippen LogP contribution < -0.4 is 9.75 Å². The number of thiazole rings is 1. The number of halogens is 1. The van der Waals surface area contributed by atoms with Crippen LogP contribution in [-0.2, 0) is 0 Å². The van der Waals surface area contributed by atoms with E-state index in [1.807, 2.05) is 37.3 Å². The fraction of sp³-hybridized carbons (Fsp3) is 0.0870. The molecule has 5 nitrogen and oxygen atoms in total. The molecule has 0 unspecified atom stereocenters. The highest BCUT2D eigenvalue weighted by Gasteiger charge is 2.21. The third kappa shape index (κ3) is 4.36. The molecule has 1 amide bonds. The largest absolute Gasteiger partial charge is 0.494 e. The summed E-state index contributed by atoms with van der Waals surface area (Å²) in [5.41, 5.74) is 1.89. The summed E-state index contributed by atoms with van der Waals surface area (Å²) in [5, 5.41) is 6.00. The van der Waals surface area contributed by atoms with Gasteiger partial charge in [0.2, 0.25) is 5.13 Å². The average Bonchev–Trinajstić information content (AvgIpc) is 3.18. The van der Waals surface area contributed by atoms with Gasteiger partial charge in [0.25, 0.3) is 5.91 Å². The highest BCUT2D eigenvalue weighted by molar-refractivity contribution is 7.22. The van der Waals surface area contributed by atoms with Crippen LogP contribution in [0.5, 0.6) is 5.75 Å². The minimum Gasteiger partial charge on any atom is -0.494 e. The van der Waals surface area contributed by atoms with E-state index in [2.05, 4.69) is 10.1 Å². The van der Waals surface area contributed by atoms with Crippen LogP contribution in [0.15, 0.2) is 77.9 Å². The summed E-state index contributed by atoms with van der Waals surface area (Å²) in [4.78, 5) is 17.7. The van der Waals surface area contributed by atoms with Crippen molar-refractivity contribution < 1.29 is 13.9 Å². The van der Waals surface area contributed by atoms with E-state index in [0.29, 0.717) is 33.3 Å². The zero-order chi connectivity index (χ0) is 20.9. The Bertz CT molecular complexity index is 1190. The predicted molar refractivity (Wildman–Crippen MR) is 118 cm³/mol. The van der Waals surface area contributed by atoms with Gasteiger partial charge in [0.1, 0.15) is 11.6 Å². The van der Waals surface area contributed by atoms with Gasteiger partial charge in [-0.3, -0.25) is 4.79 Å². The normalized spacial score (nSPS) is 11.1. The van der Waals surface area contributed by atoms with E-state index in [1.54, 1.807) is 36.5 Å². The van der Waals surface area contributed by atoms with Crippen molar-refractivity contribution in [1.82, 2.24) is 4.98 Å². The van der Waals surface area contributed by atoms with E-state index in [4.69, 9.17) is 4.74 Å². The fourth-order valence-electron chi connectivity index (χ4n) is 2.81. The second kappa shape index (κ2) is 8.84. The maximum Gasteiger partial charge on any atom is 0.280 e. The first kappa shape index (κ1) is 19.7. The second-order valence-corrected chi connectivity index (χ2v) is 7.35. The zero-order valence-electron chi connectivity index (χ0n) is 16.2. The molecule has 0 bridgehead atoms. The number of aromatic nitrogens is 1. The third-order valence-corrected chi connectivity index (χ3v) is 5.24. The molecule has 0 fully saturated rings. The Morgan fingerprint density at radius 3 is 2.63 bits per heavy atom. The summed E-state index contributed by atoms with van der Waals surface area (Å²) in [6.45, 7) is 2.44. The smallest absolute Gasteiger partial charge is 0.280 e. The fourth-order valence-corrected chi connectivity index (χ4v) is 3.76. The number of ether oxygens (including phenoxy) is 1. The first-order valence-electron chi connectivity index (χ1n) is 9.36. The maximum absolute atomic E-state index is 13.6. The second-order valence-electron chi connectivity index (χ2n) is 6.34. The number of hydrazone groups is 1. The summed E-state index contributed by atoms with van der Waals surface area (Å²) in [7, 11) is 0. The van der Waals surface area contributed by atoms with Crippen LogP contribution in [0, 0.1) is 5.82 Å². The van der Waals surface area contributed by atoms with E-state index in [0.717, 1.165) is 5.56 Å². The molecule has 0 aliphatic rings. The van der Waals surface area contributed by atoms with Crippen molar-refractivity contribution >= 4 is 38.8 Å². The lowest BCUT2D eigenvalue weighted by Gasteiger charge is -2.14. The van der Waals surface area contributed by atoms with Crippen molar-refractivity contribution in [3.63, 3.8) is 0 Å². The molecule has 0 atom stereocenters. The van der Waals surface area contributed by atoms with Gasteiger partial charge in [0.05, 0.1) is 23.0 Å². The molecule has 1 heterocycles. The van der Waals surface area contributed by atoms with Crippen molar-refractivity contribution in [2.24, 2.45) is 5.10 Å². The molecule has 150 valence electrons. The molecule has 7 heteroatoms. The lowest BCUT2D eigenvalue weighted by atomic mass is 10.2. The van der Waals surface area contributed by atoms with Gasteiger partial charge in [0, 0.05) is 5.56 Å². The Balaban J connectivity index is 1.72. The molecule has 1 aromatic heterocycles. The zero-order valence-corrected chi connectivity index (χ0v) is 17.0. The first-order chi connectivity index (χ1) is 14.6. The lowest BCUT2D eigenvalue weighted by molar-refractivity contribution is 0.0988. The Labute approximate surface area is 177 Å². The van der Waals surface area contributed by atoms with Crippen molar-refractivity contribution in [2.45, 2.75) is 6.92 Å². The Kier molecular flexibility index (Phi) is 5.81. The topological polar surface area (TPSA) is 54.8 Å². The highest BCUT2D eigenvalue weighted by atomic mass is 32.1. The summed E-state index contributed by atoms with van der Waals surface area (Å²) in [5.74, 6) is -0.0107. The molecule has 0 spiro atoms. The molecular weight excluding hydrogens is 401 g/mol. The van der Waals surface area contributed by atoms with E-state index in [9.17, 15) is 9.18 Å². The van der Waals surface area contributed by atoms with Crippen LogP contribution in [0.2, 0.25) is 0 Å². The van der Waals surface area contributed by atoms with E-state index in [-0.39, 0.29) is 11.7 Å². The Morgan fingerprint density at radius 1 is 1.13 bits per heavy atom. The van der Waals surface area contributed by atoms with E-state index >= 15 is 0 Å². The molecule has 0 aliphatic carbocycles. The molecular formula is C23H18FN3O2S. The van der Waals surface area contributed by atoms with Gasteiger partial charge in [-0.2, -0.15) is 10.1 Å². The summed E-state index contributed by atoms with van der Waals surface area (Å²) in [6.07, 6.45) is 1.60. The van der Waals surface area contributed by atoms with Gasteiger partial charge in [-0.1, -0.05) is 41.7 Å². The number of nitrogens with zero attached hydrogens (tertiary/aromatic N) is 3.